The summed E-state index contributed by atoms with van der Waals surface area (Å²) in [7, 11) is 0. The number of rotatable bonds is 4. The molecular weight excluding hydrogens is 242 g/mol. The zero-order chi connectivity index (χ0) is 13.0. The highest BCUT2D eigenvalue weighted by molar-refractivity contribution is 5.98. The number of hydrogen-bond acceptors (Lipinski definition) is 3. The van der Waals surface area contributed by atoms with Crippen LogP contribution in [0.5, 0.6) is 5.75 Å². The molecule has 1 saturated heterocycles. The first-order valence-corrected chi connectivity index (χ1v) is 5.83. The fourth-order valence-corrected chi connectivity index (χ4v) is 1.98. The molecule has 98 valence electrons. The molecule has 0 radical (unpaired) electrons. The van der Waals surface area contributed by atoms with Crippen LogP contribution in [0, 0.1) is 5.92 Å². The van der Waals surface area contributed by atoms with Crippen molar-refractivity contribution in [3.63, 3.8) is 0 Å². The maximum atomic E-state index is 12.1. The lowest BCUT2D eigenvalue weighted by molar-refractivity contribution is -0.0498. The van der Waals surface area contributed by atoms with Crippen LogP contribution in [-0.2, 0) is 4.74 Å². The van der Waals surface area contributed by atoms with E-state index < -0.39 is 6.61 Å². The molecule has 0 N–H and O–H groups in total. The zero-order valence-electron chi connectivity index (χ0n) is 9.77. The molecular formula is C13H14F2O3. The minimum absolute atomic E-state index is 0.00158. The van der Waals surface area contributed by atoms with E-state index in [2.05, 4.69) is 4.74 Å². The van der Waals surface area contributed by atoms with Crippen molar-refractivity contribution in [1.82, 2.24) is 0 Å². The third-order valence-electron chi connectivity index (χ3n) is 2.90. The highest BCUT2D eigenvalue weighted by atomic mass is 19.3. The summed E-state index contributed by atoms with van der Waals surface area (Å²) >= 11 is 0. The van der Waals surface area contributed by atoms with Crippen molar-refractivity contribution >= 4 is 5.78 Å². The number of hydrogen-bond donors (Lipinski definition) is 0. The predicted molar refractivity (Wildman–Crippen MR) is 60.9 cm³/mol. The van der Waals surface area contributed by atoms with Crippen LogP contribution in [-0.4, -0.2) is 25.6 Å². The van der Waals surface area contributed by atoms with Gasteiger partial charge in [-0.05, 0) is 37.1 Å². The summed E-state index contributed by atoms with van der Waals surface area (Å²) in [5.74, 6) is -0.0691. The van der Waals surface area contributed by atoms with Gasteiger partial charge in [-0.1, -0.05) is 0 Å². The van der Waals surface area contributed by atoms with Gasteiger partial charge in [-0.25, -0.2) is 0 Å². The molecule has 5 heteroatoms. The van der Waals surface area contributed by atoms with Gasteiger partial charge >= 0.3 is 6.61 Å². The van der Waals surface area contributed by atoms with Crippen molar-refractivity contribution < 1.29 is 23.0 Å². The number of ether oxygens (including phenoxy) is 2. The molecule has 1 aromatic carbocycles. The Morgan fingerprint density at radius 1 is 1.33 bits per heavy atom. The van der Waals surface area contributed by atoms with E-state index in [9.17, 15) is 13.6 Å². The zero-order valence-corrected chi connectivity index (χ0v) is 9.77. The van der Waals surface area contributed by atoms with Gasteiger partial charge in [0.15, 0.2) is 5.78 Å². The number of alkyl halides is 2. The van der Waals surface area contributed by atoms with Crippen molar-refractivity contribution in [3.8, 4) is 5.75 Å². The number of carbonyl (C=O) groups excluding carboxylic acids is 1. The summed E-state index contributed by atoms with van der Waals surface area (Å²) in [6.45, 7) is -1.71. The molecule has 1 heterocycles. The van der Waals surface area contributed by atoms with Crippen LogP contribution in [0.3, 0.4) is 0 Å². The minimum Gasteiger partial charge on any atom is -0.435 e. The fraction of sp³-hybridized carbons (Fsp3) is 0.462. The highest BCUT2D eigenvalue weighted by Crippen LogP contribution is 2.21. The molecule has 1 unspecified atom stereocenters. The Balaban J connectivity index is 2.02. The lowest BCUT2D eigenvalue weighted by Gasteiger charge is -2.20. The van der Waals surface area contributed by atoms with Gasteiger partial charge in [-0.3, -0.25) is 4.79 Å². The molecule has 0 saturated carbocycles. The van der Waals surface area contributed by atoms with Crippen molar-refractivity contribution in [2.45, 2.75) is 19.5 Å². The molecule has 1 fully saturated rings. The smallest absolute Gasteiger partial charge is 0.387 e. The molecule has 1 aromatic rings. The molecule has 0 spiro atoms. The van der Waals surface area contributed by atoms with Crippen molar-refractivity contribution in [2.24, 2.45) is 5.92 Å². The van der Waals surface area contributed by atoms with E-state index in [1.165, 1.54) is 24.3 Å². The molecule has 2 rings (SSSR count). The lowest BCUT2D eigenvalue weighted by atomic mass is 9.93. The monoisotopic (exact) mass is 256 g/mol. The van der Waals surface area contributed by atoms with Crippen LogP contribution in [0.1, 0.15) is 23.2 Å². The maximum Gasteiger partial charge on any atom is 0.387 e. The molecule has 3 nitrogen and oxygen atoms in total. The summed E-state index contributed by atoms with van der Waals surface area (Å²) < 4.78 is 33.4. The van der Waals surface area contributed by atoms with Crippen molar-refractivity contribution in [2.75, 3.05) is 13.2 Å². The molecule has 18 heavy (non-hydrogen) atoms. The minimum atomic E-state index is -2.85. The number of Topliss-reactive ketones (excluding diaryl/α,β-unsaturated/α-hetero) is 1. The first kappa shape index (κ1) is 13.0. The van der Waals surface area contributed by atoms with E-state index in [4.69, 9.17) is 4.74 Å². The van der Waals surface area contributed by atoms with Gasteiger partial charge in [0, 0.05) is 18.1 Å². The second-order valence-electron chi connectivity index (χ2n) is 4.18. The number of carbonyl (C=O) groups is 1. The largest absolute Gasteiger partial charge is 0.435 e. The topological polar surface area (TPSA) is 35.5 Å². The van der Waals surface area contributed by atoms with Gasteiger partial charge in [-0.15, -0.1) is 0 Å². The van der Waals surface area contributed by atoms with Gasteiger partial charge in [0.05, 0.1) is 6.61 Å². The van der Waals surface area contributed by atoms with Gasteiger partial charge in [0.2, 0.25) is 0 Å². The second kappa shape index (κ2) is 5.91. The van der Waals surface area contributed by atoms with Crippen LogP contribution >= 0.6 is 0 Å². The van der Waals surface area contributed by atoms with Crippen LogP contribution in [0.15, 0.2) is 24.3 Å². The molecule has 0 aromatic heterocycles. The number of benzene rings is 1. The number of halogens is 2. The first-order valence-electron chi connectivity index (χ1n) is 5.83. The Morgan fingerprint density at radius 2 is 2.06 bits per heavy atom. The number of ketones is 1. The van der Waals surface area contributed by atoms with E-state index in [0.29, 0.717) is 18.8 Å². The van der Waals surface area contributed by atoms with E-state index >= 15 is 0 Å². The summed E-state index contributed by atoms with van der Waals surface area (Å²) in [5, 5.41) is 0. The van der Waals surface area contributed by atoms with E-state index in [0.717, 1.165) is 12.8 Å². The van der Waals surface area contributed by atoms with Gasteiger partial charge < -0.3 is 9.47 Å². The molecule has 1 aliphatic heterocycles. The highest BCUT2D eigenvalue weighted by Gasteiger charge is 2.22. The van der Waals surface area contributed by atoms with Crippen LogP contribution in [0.4, 0.5) is 8.78 Å². The van der Waals surface area contributed by atoms with E-state index in [-0.39, 0.29) is 17.5 Å². The quantitative estimate of drug-likeness (QED) is 0.777. The third kappa shape index (κ3) is 3.26. The Hall–Kier alpha value is -1.49. The first-order chi connectivity index (χ1) is 8.66. The van der Waals surface area contributed by atoms with Gasteiger partial charge in [0.1, 0.15) is 5.75 Å². The van der Waals surface area contributed by atoms with Crippen LogP contribution in [0.25, 0.3) is 0 Å². The van der Waals surface area contributed by atoms with E-state index in [1.807, 2.05) is 0 Å². The second-order valence-corrected chi connectivity index (χ2v) is 4.18. The Bertz CT molecular complexity index is 397. The normalized spacial score (nSPS) is 19.8. The predicted octanol–water partition coefficient (Wildman–Crippen LogP) is 2.90. The summed E-state index contributed by atoms with van der Waals surface area (Å²) in [6, 6.07) is 5.77. The molecule has 1 atom stereocenters. The Morgan fingerprint density at radius 3 is 2.61 bits per heavy atom. The van der Waals surface area contributed by atoms with Crippen LogP contribution in [0.2, 0.25) is 0 Å². The summed E-state index contributed by atoms with van der Waals surface area (Å²) in [6.07, 6.45) is 1.69. The van der Waals surface area contributed by atoms with Crippen molar-refractivity contribution in [1.29, 1.82) is 0 Å². The Labute approximate surface area is 104 Å². The standard InChI is InChI=1S/C13H14F2O3/c14-13(15)18-11-5-3-9(4-6-11)12(16)10-2-1-7-17-8-10/h3-6,10,13H,1-2,7-8H2. The lowest BCUT2D eigenvalue weighted by Crippen LogP contribution is -2.25. The average Bonchev–Trinajstić information content (AvgIpc) is 2.39. The molecule has 0 bridgehead atoms. The third-order valence-corrected chi connectivity index (χ3v) is 2.90. The molecule has 0 amide bonds. The van der Waals surface area contributed by atoms with Crippen molar-refractivity contribution in [3.05, 3.63) is 29.8 Å². The molecule has 1 aliphatic rings. The summed E-state index contributed by atoms with van der Waals surface area (Å²) in [4.78, 5) is 12.1. The Kier molecular flexibility index (Phi) is 4.25. The van der Waals surface area contributed by atoms with Gasteiger partial charge in [0.25, 0.3) is 0 Å². The van der Waals surface area contributed by atoms with Crippen LogP contribution < -0.4 is 4.74 Å². The molecule has 0 aliphatic carbocycles. The average molecular weight is 256 g/mol. The van der Waals surface area contributed by atoms with Gasteiger partial charge in [-0.2, -0.15) is 8.78 Å². The summed E-state index contributed by atoms with van der Waals surface area (Å²) in [5.41, 5.74) is 0.507. The van der Waals surface area contributed by atoms with E-state index in [1.54, 1.807) is 0 Å². The maximum absolute atomic E-state index is 12.1. The SMILES string of the molecule is O=C(c1ccc(OC(F)F)cc1)C1CCCOC1. The fourth-order valence-electron chi connectivity index (χ4n) is 1.98.